The van der Waals surface area contributed by atoms with Crippen LogP contribution >= 0.6 is 0 Å². The zero-order valence-electron chi connectivity index (χ0n) is 16.5. The highest BCUT2D eigenvalue weighted by Crippen LogP contribution is 2.31. The van der Waals surface area contributed by atoms with Crippen LogP contribution in [0.3, 0.4) is 0 Å². The van der Waals surface area contributed by atoms with Crippen LogP contribution in [-0.2, 0) is 11.8 Å². The third-order valence-corrected chi connectivity index (χ3v) is 4.58. The van der Waals surface area contributed by atoms with Crippen LogP contribution in [0.25, 0.3) is 0 Å². The van der Waals surface area contributed by atoms with E-state index in [2.05, 4.69) is 36.5 Å². The molecule has 1 heterocycles. The van der Waals surface area contributed by atoms with Gasteiger partial charge in [-0.1, -0.05) is 55.4 Å². The van der Waals surface area contributed by atoms with Gasteiger partial charge in [0, 0.05) is 11.5 Å². The molecule has 146 valence electrons. The molecule has 1 aromatic heterocycles. The van der Waals surface area contributed by atoms with Crippen molar-refractivity contribution in [3.63, 3.8) is 0 Å². The molecule has 0 unspecified atom stereocenters. The summed E-state index contributed by atoms with van der Waals surface area (Å²) in [6, 6.07) is 17.1. The Morgan fingerprint density at radius 1 is 1.04 bits per heavy atom. The minimum atomic E-state index is -0.391. The topological polar surface area (TPSA) is 73.6 Å². The average molecular weight is 380 g/mol. The Bertz CT molecular complexity index is 926. The lowest BCUT2D eigenvalue weighted by molar-refractivity contribution is 0.101. The Balaban J connectivity index is 1.79. The maximum atomic E-state index is 12.8. The van der Waals surface area contributed by atoms with Gasteiger partial charge in [-0.25, -0.2) is 0 Å². The number of carbonyl (C=O) groups excluding carboxylic acids is 1. The number of ether oxygens (including phenoxy) is 2. The highest BCUT2D eigenvalue weighted by molar-refractivity contribution is 6.07. The third kappa shape index (κ3) is 4.17. The molecule has 0 aliphatic carbocycles. The third-order valence-electron chi connectivity index (χ3n) is 4.58. The van der Waals surface area contributed by atoms with Crippen molar-refractivity contribution >= 4 is 11.8 Å². The van der Waals surface area contributed by atoms with Crippen LogP contribution in [0.4, 0.5) is 5.88 Å². The fraction of sp³-hybridized carbons (Fsp3) is 0.273. The van der Waals surface area contributed by atoms with Gasteiger partial charge in [0.1, 0.15) is 17.1 Å². The lowest BCUT2D eigenvalue weighted by Gasteiger charge is -2.21. The van der Waals surface area contributed by atoms with Crippen molar-refractivity contribution in [1.82, 2.24) is 5.16 Å². The molecule has 0 aliphatic rings. The molecule has 1 N–H and O–H groups in total. The van der Waals surface area contributed by atoms with E-state index in [-0.39, 0.29) is 11.3 Å². The van der Waals surface area contributed by atoms with Crippen LogP contribution in [0.5, 0.6) is 11.5 Å². The van der Waals surface area contributed by atoms with Crippen molar-refractivity contribution in [2.24, 2.45) is 0 Å². The summed E-state index contributed by atoms with van der Waals surface area (Å²) in [4.78, 5) is 12.8. The Kier molecular flexibility index (Phi) is 5.68. The van der Waals surface area contributed by atoms with Crippen molar-refractivity contribution in [3.05, 3.63) is 71.4 Å². The second kappa shape index (κ2) is 8.17. The molecule has 0 aliphatic heterocycles. The minimum Gasteiger partial charge on any atom is -0.496 e. The Morgan fingerprint density at radius 2 is 1.68 bits per heavy atom. The first-order chi connectivity index (χ1) is 13.4. The van der Waals surface area contributed by atoms with Crippen LogP contribution in [0.2, 0.25) is 0 Å². The van der Waals surface area contributed by atoms with E-state index in [1.165, 1.54) is 19.8 Å². The van der Waals surface area contributed by atoms with Gasteiger partial charge in [-0.05, 0) is 24.1 Å². The maximum Gasteiger partial charge on any atom is 0.265 e. The largest absolute Gasteiger partial charge is 0.496 e. The monoisotopic (exact) mass is 380 g/mol. The van der Waals surface area contributed by atoms with Gasteiger partial charge in [0.15, 0.2) is 0 Å². The summed E-state index contributed by atoms with van der Waals surface area (Å²) in [5.74, 6) is 0.717. The SMILES string of the molecule is COc1cccc(OC)c1C(=O)Nc1cc(C(C)(C)Cc2ccccc2)no1. The number of rotatable bonds is 7. The second-order valence-corrected chi connectivity index (χ2v) is 7.11. The van der Waals surface area contributed by atoms with Gasteiger partial charge in [0.2, 0.25) is 5.88 Å². The number of hydrogen-bond donors (Lipinski definition) is 1. The summed E-state index contributed by atoms with van der Waals surface area (Å²) in [6.07, 6.45) is 0.800. The molecule has 6 heteroatoms. The van der Waals surface area contributed by atoms with Crippen molar-refractivity contribution in [1.29, 1.82) is 0 Å². The fourth-order valence-corrected chi connectivity index (χ4v) is 3.10. The van der Waals surface area contributed by atoms with E-state index in [9.17, 15) is 4.79 Å². The van der Waals surface area contributed by atoms with Crippen LogP contribution < -0.4 is 14.8 Å². The summed E-state index contributed by atoms with van der Waals surface area (Å²) in [6.45, 7) is 4.18. The molecule has 0 spiro atoms. The van der Waals surface area contributed by atoms with Crippen LogP contribution in [-0.4, -0.2) is 25.3 Å². The van der Waals surface area contributed by atoms with Gasteiger partial charge in [0.25, 0.3) is 5.91 Å². The minimum absolute atomic E-state index is 0.254. The van der Waals surface area contributed by atoms with Crippen LogP contribution in [0.15, 0.2) is 59.1 Å². The lowest BCUT2D eigenvalue weighted by atomic mass is 9.83. The maximum absolute atomic E-state index is 12.8. The summed E-state index contributed by atoms with van der Waals surface area (Å²) in [5, 5.41) is 6.90. The van der Waals surface area contributed by atoms with Gasteiger partial charge in [0.05, 0.1) is 19.9 Å². The molecule has 28 heavy (non-hydrogen) atoms. The number of hydrogen-bond acceptors (Lipinski definition) is 5. The van der Waals surface area contributed by atoms with Gasteiger partial charge in [-0.3, -0.25) is 10.1 Å². The number of benzene rings is 2. The van der Waals surface area contributed by atoms with Crippen molar-refractivity contribution in [3.8, 4) is 11.5 Å². The molecule has 6 nitrogen and oxygen atoms in total. The summed E-state index contributed by atoms with van der Waals surface area (Å²) < 4.78 is 15.9. The number of nitrogens with zero attached hydrogens (tertiary/aromatic N) is 1. The number of methoxy groups -OCH3 is 2. The summed E-state index contributed by atoms with van der Waals surface area (Å²) >= 11 is 0. The smallest absolute Gasteiger partial charge is 0.265 e. The average Bonchev–Trinajstić information content (AvgIpc) is 3.17. The van der Waals surface area contributed by atoms with E-state index in [0.717, 1.165) is 12.1 Å². The number of carbonyl (C=O) groups is 1. The molecule has 3 aromatic rings. The van der Waals surface area contributed by atoms with Gasteiger partial charge < -0.3 is 14.0 Å². The molecular weight excluding hydrogens is 356 g/mol. The molecule has 2 aromatic carbocycles. The molecule has 1 amide bonds. The first-order valence-corrected chi connectivity index (χ1v) is 8.98. The Labute approximate surface area is 164 Å². The predicted octanol–water partition coefficient (Wildman–Crippen LogP) is 4.46. The van der Waals surface area contributed by atoms with E-state index < -0.39 is 5.91 Å². The highest BCUT2D eigenvalue weighted by Gasteiger charge is 2.26. The number of amides is 1. The normalized spacial score (nSPS) is 11.1. The Morgan fingerprint density at radius 3 is 2.29 bits per heavy atom. The molecule has 0 radical (unpaired) electrons. The lowest BCUT2D eigenvalue weighted by Crippen LogP contribution is -2.21. The first-order valence-electron chi connectivity index (χ1n) is 8.98. The number of anilines is 1. The Hall–Kier alpha value is -3.28. The zero-order valence-corrected chi connectivity index (χ0v) is 16.5. The van der Waals surface area contributed by atoms with Crippen LogP contribution in [0.1, 0.15) is 35.5 Å². The van der Waals surface area contributed by atoms with E-state index in [4.69, 9.17) is 14.0 Å². The van der Waals surface area contributed by atoms with Gasteiger partial charge in [-0.2, -0.15) is 0 Å². The van der Waals surface area contributed by atoms with Crippen molar-refractivity contribution in [2.45, 2.75) is 25.7 Å². The summed E-state index contributed by atoms with van der Waals surface area (Å²) in [7, 11) is 3.01. The molecule has 0 bridgehead atoms. The predicted molar refractivity (Wildman–Crippen MR) is 107 cm³/mol. The molecule has 3 rings (SSSR count). The first kappa shape index (κ1) is 19.5. The molecule has 0 fully saturated rings. The van der Waals surface area contributed by atoms with Gasteiger partial charge >= 0.3 is 0 Å². The molecular formula is C22H24N2O4. The second-order valence-electron chi connectivity index (χ2n) is 7.11. The number of nitrogens with one attached hydrogen (secondary N) is 1. The van der Waals surface area contributed by atoms with E-state index in [1.54, 1.807) is 24.3 Å². The van der Waals surface area contributed by atoms with Crippen molar-refractivity contribution in [2.75, 3.05) is 19.5 Å². The zero-order chi connectivity index (χ0) is 20.1. The highest BCUT2D eigenvalue weighted by atomic mass is 16.5. The van der Waals surface area contributed by atoms with E-state index >= 15 is 0 Å². The molecule has 0 saturated heterocycles. The van der Waals surface area contributed by atoms with Crippen LogP contribution in [0, 0.1) is 0 Å². The number of aromatic nitrogens is 1. The standard InChI is InChI=1S/C22H24N2O4/c1-22(2,14-15-9-6-5-7-10-15)18-13-19(28-24-18)23-21(25)20-16(26-3)11-8-12-17(20)27-4/h5-13H,14H2,1-4H3,(H,23,25). The molecule has 0 atom stereocenters. The van der Waals surface area contributed by atoms with Crippen molar-refractivity contribution < 1.29 is 18.8 Å². The quantitative estimate of drug-likeness (QED) is 0.655. The van der Waals surface area contributed by atoms with E-state index in [1.807, 2.05) is 18.2 Å². The summed E-state index contributed by atoms with van der Waals surface area (Å²) in [5.41, 5.74) is 2.02. The van der Waals surface area contributed by atoms with Gasteiger partial charge in [-0.15, -0.1) is 0 Å². The van der Waals surface area contributed by atoms with E-state index in [0.29, 0.717) is 17.1 Å². The molecule has 0 saturated carbocycles. The fourth-order valence-electron chi connectivity index (χ4n) is 3.10.